The molecular formula is C13H20O4. The normalized spacial score (nSPS) is 39.9. The van der Waals surface area contributed by atoms with Crippen molar-refractivity contribution in [1.82, 2.24) is 0 Å². The number of hydrogen-bond acceptors (Lipinski definition) is 4. The third kappa shape index (κ3) is 1.50. The molecule has 1 heterocycles. The van der Waals surface area contributed by atoms with Crippen LogP contribution >= 0.6 is 0 Å². The number of fused-ring (bicyclic) bond motifs is 2. The molecule has 0 radical (unpaired) electrons. The van der Waals surface area contributed by atoms with Gasteiger partial charge in [0.1, 0.15) is 5.76 Å². The van der Waals surface area contributed by atoms with Crippen molar-refractivity contribution in [2.75, 3.05) is 14.2 Å². The summed E-state index contributed by atoms with van der Waals surface area (Å²) in [6.45, 7) is 4.03. The lowest BCUT2D eigenvalue weighted by molar-refractivity contribution is -0.224. The van der Waals surface area contributed by atoms with Gasteiger partial charge in [0.2, 0.25) is 5.79 Å². The molecule has 96 valence electrons. The highest BCUT2D eigenvalue weighted by Crippen LogP contribution is 2.55. The predicted molar refractivity (Wildman–Crippen MR) is 62.0 cm³/mol. The molecule has 0 N–H and O–H groups in total. The smallest absolute Gasteiger partial charge is 0.318 e. The fraction of sp³-hybridized carbons (Fsp3) is 0.769. The maximum Gasteiger partial charge on any atom is 0.318 e. The molecule has 0 aromatic carbocycles. The van der Waals surface area contributed by atoms with Crippen molar-refractivity contribution in [2.24, 2.45) is 11.3 Å². The van der Waals surface area contributed by atoms with Crippen molar-refractivity contribution >= 4 is 5.97 Å². The Kier molecular flexibility index (Phi) is 2.94. The van der Waals surface area contributed by atoms with E-state index in [1.54, 1.807) is 14.2 Å². The van der Waals surface area contributed by atoms with Gasteiger partial charge in [0, 0.05) is 13.5 Å². The van der Waals surface area contributed by atoms with Gasteiger partial charge in [-0.1, -0.05) is 13.8 Å². The van der Waals surface area contributed by atoms with Crippen molar-refractivity contribution < 1.29 is 19.0 Å². The van der Waals surface area contributed by atoms with Crippen LogP contribution in [-0.4, -0.2) is 26.0 Å². The lowest BCUT2D eigenvalue weighted by atomic mass is 9.71. The molecule has 0 spiro atoms. The highest BCUT2D eigenvalue weighted by Gasteiger charge is 2.63. The van der Waals surface area contributed by atoms with Crippen LogP contribution in [0.1, 0.15) is 33.1 Å². The third-order valence-electron chi connectivity index (χ3n) is 4.15. The van der Waals surface area contributed by atoms with Gasteiger partial charge in [0.05, 0.1) is 18.4 Å². The summed E-state index contributed by atoms with van der Waals surface area (Å²) in [4.78, 5) is 12.1. The van der Waals surface area contributed by atoms with Gasteiger partial charge in [0.15, 0.2) is 0 Å². The van der Waals surface area contributed by atoms with Gasteiger partial charge >= 0.3 is 5.97 Å². The lowest BCUT2D eigenvalue weighted by Gasteiger charge is -2.38. The number of hydrogen-bond donors (Lipinski definition) is 0. The van der Waals surface area contributed by atoms with E-state index in [-0.39, 0.29) is 11.9 Å². The Bertz CT molecular complexity index is 362. The fourth-order valence-corrected chi connectivity index (χ4v) is 3.04. The first-order valence-corrected chi connectivity index (χ1v) is 6.12. The van der Waals surface area contributed by atoms with Crippen LogP contribution in [0.15, 0.2) is 11.8 Å². The summed E-state index contributed by atoms with van der Waals surface area (Å²) in [6.07, 6.45) is 4.06. The molecule has 4 nitrogen and oxygen atoms in total. The van der Waals surface area contributed by atoms with Crippen LogP contribution in [0.4, 0.5) is 0 Å². The first-order valence-electron chi connectivity index (χ1n) is 6.12. The van der Waals surface area contributed by atoms with Crippen molar-refractivity contribution in [2.45, 2.75) is 38.9 Å². The molecule has 2 rings (SSSR count). The highest BCUT2D eigenvalue weighted by atomic mass is 16.7. The minimum absolute atomic E-state index is 0.0105. The Morgan fingerprint density at radius 1 is 1.47 bits per heavy atom. The van der Waals surface area contributed by atoms with Gasteiger partial charge in [-0.05, 0) is 18.9 Å². The van der Waals surface area contributed by atoms with Crippen molar-refractivity contribution in [3.8, 4) is 0 Å². The summed E-state index contributed by atoms with van der Waals surface area (Å²) in [6, 6.07) is 0. The Hall–Kier alpha value is -1.03. The van der Waals surface area contributed by atoms with Gasteiger partial charge in [-0.2, -0.15) is 0 Å². The van der Waals surface area contributed by atoms with E-state index < -0.39 is 11.2 Å². The van der Waals surface area contributed by atoms with Gasteiger partial charge in [-0.25, -0.2) is 0 Å². The van der Waals surface area contributed by atoms with Crippen LogP contribution in [0.3, 0.4) is 0 Å². The Morgan fingerprint density at radius 3 is 2.65 bits per heavy atom. The van der Waals surface area contributed by atoms with Crippen LogP contribution in [-0.2, 0) is 19.0 Å². The zero-order valence-corrected chi connectivity index (χ0v) is 10.9. The summed E-state index contributed by atoms with van der Waals surface area (Å²) < 4.78 is 16.5. The van der Waals surface area contributed by atoms with Crippen LogP contribution in [0.2, 0.25) is 0 Å². The van der Waals surface area contributed by atoms with Gasteiger partial charge in [-0.15, -0.1) is 0 Å². The van der Waals surface area contributed by atoms with E-state index in [9.17, 15) is 4.79 Å². The summed E-state index contributed by atoms with van der Waals surface area (Å²) in [5.74, 6) is -0.216. The number of carbonyl (C=O) groups excluding carboxylic acids is 1. The van der Waals surface area contributed by atoms with Gasteiger partial charge < -0.3 is 14.2 Å². The molecular weight excluding hydrogens is 220 g/mol. The molecule has 0 unspecified atom stereocenters. The van der Waals surface area contributed by atoms with E-state index >= 15 is 0 Å². The standard InChI is InChI=1S/C13H20O4/c1-5-9-10(15-3)7-12(6-2)8-13(9,16-4)17-11(12)14/h7,9H,5-6,8H2,1-4H3/t9-,12-,13-/m0/s1. The molecule has 0 aromatic rings. The largest absolute Gasteiger partial charge is 0.501 e. The number of carbonyl (C=O) groups is 1. The van der Waals surface area contributed by atoms with E-state index in [4.69, 9.17) is 14.2 Å². The van der Waals surface area contributed by atoms with Gasteiger partial charge in [-0.3, -0.25) is 4.79 Å². The van der Waals surface area contributed by atoms with Gasteiger partial charge in [0.25, 0.3) is 0 Å². The number of methoxy groups -OCH3 is 2. The maximum atomic E-state index is 12.1. The summed E-state index contributed by atoms with van der Waals surface area (Å²) in [5.41, 5.74) is -0.562. The monoisotopic (exact) mass is 240 g/mol. The average Bonchev–Trinajstić information content (AvgIpc) is 2.59. The topological polar surface area (TPSA) is 44.8 Å². The zero-order chi connectivity index (χ0) is 12.7. The SMILES string of the molecule is CC[C@H]1C(OC)=C[C@@]2(CC)C[C@]1(OC)OC2=O. The van der Waals surface area contributed by atoms with Crippen molar-refractivity contribution in [1.29, 1.82) is 0 Å². The van der Waals surface area contributed by atoms with Crippen molar-refractivity contribution in [3.05, 3.63) is 11.8 Å². The van der Waals surface area contributed by atoms with Crippen LogP contribution in [0.5, 0.6) is 0 Å². The molecule has 0 amide bonds. The van der Waals surface area contributed by atoms with E-state index in [0.29, 0.717) is 12.8 Å². The average molecular weight is 240 g/mol. The molecule has 17 heavy (non-hydrogen) atoms. The Labute approximate surface area is 102 Å². The second-order valence-corrected chi connectivity index (χ2v) is 4.80. The second kappa shape index (κ2) is 4.02. The third-order valence-corrected chi connectivity index (χ3v) is 4.15. The number of rotatable bonds is 4. The molecule has 1 aliphatic carbocycles. The van der Waals surface area contributed by atoms with Crippen molar-refractivity contribution in [3.63, 3.8) is 0 Å². The van der Waals surface area contributed by atoms with E-state index in [1.165, 1.54) is 0 Å². The summed E-state index contributed by atoms with van der Waals surface area (Å²) in [7, 11) is 3.23. The molecule has 4 heteroatoms. The number of esters is 1. The zero-order valence-electron chi connectivity index (χ0n) is 10.9. The molecule has 0 saturated carbocycles. The Balaban J connectivity index is 2.52. The first kappa shape index (κ1) is 12.4. The maximum absolute atomic E-state index is 12.1. The highest BCUT2D eigenvalue weighted by molar-refractivity contribution is 5.82. The van der Waals surface area contributed by atoms with E-state index in [0.717, 1.165) is 12.2 Å². The van der Waals surface area contributed by atoms with Crippen LogP contribution in [0, 0.1) is 11.3 Å². The van der Waals surface area contributed by atoms with E-state index in [2.05, 4.69) is 0 Å². The number of ether oxygens (including phenoxy) is 3. The van der Waals surface area contributed by atoms with E-state index in [1.807, 2.05) is 19.9 Å². The molecule has 2 aliphatic rings. The van der Waals surface area contributed by atoms with Crippen LogP contribution in [0.25, 0.3) is 0 Å². The second-order valence-electron chi connectivity index (χ2n) is 4.80. The molecule has 2 bridgehead atoms. The lowest BCUT2D eigenvalue weighted by Crippen LogP contribution is -2.43. The molecule has 0 aromatic heterocycles. The first-order chi connectivity index (χ1) is 8.07. The fourth-order valence-electron chi connectivity index (χ4n) is 3.04. The summed E-state index contributed by atoms with van der Waals surface area (Å²) in [5, 5.41) is 0. The van der Waals surface area contributed by atoms with Crippen LogP contribution < -0.4 is 0 Å². The Morgan fingerprint density at radius 2 is 2.18 bits per heavy atom. The summed E-state index contributed by atoms with van der Waals surface area (Å²) >= 11 is 0. The minimum Gasteiger partial charge on any atom is -0.501 e. The molecule has 1 aliphatic heterocycles. The molecule has 1 fully saturated rings. The molecule has 1 saturated heterocycles. The minimum atomic E-state index is -0.831. The predicted octanol–water partition coefficient (Wildman–Crippen LogP) is 2.24. The molecule has 3 atom stereocenters. The quantitative estimate of drug-likeness (QED) is 0.707.